The molecule has 3 saturated heterocycles. The summed E-state index contributed by atoms with van der Waals surface area (Å²) in [5, 5.41) is 0. The maximum Gasteiger partial charge on any atom is 0.338 e. The molecule has 5 rings (SSSR count). The zero-order valence-electron chi connectivity index (χ0n) is 17.0. The average Bonchev–Trinajstić information content (AvgIpc) is 3.46. The molecule has 0 aromatic heterocycles. The summed E-state index contributed by atoms with van der Waals surface area (Å²) in [6, 6.07) is 17.0. The number of ether oxygens (including phenoxy) is 4. The van der Waals surface area contributed by atoms with E-state index in [0.717, 1.165) is 0 Å². The van der Waals surface area contributed by atoms with Crippen LogP contribution < -0.4 is 0 Å². The van der Waals surface area contributed by atoms with E-state index in [4.69, 9.17) is 18.9 Å². The van der Waals surface area contributed by atoms with E-state index in [1.54, 1.807) is 60.7 Å². The normalized spacial score (nSPS) is 30.0. The minimum atomic E-state index is -1.19. The fourth-order valence-electron chi connectivity index (χ4n) is 4.94. The van der Waals surface area contributed by atoms with Crippen molar-refractivity contribution < 1.29 is 38.1 Å². The molecule has 2 aromatic rings. The third-order valence-electron chi connectivity index (χ3n) is 6.35. The highest BCUT2D eigenvalue weighted by Crippen LogP contribution is 2.57. The third-order valence-corrected chi connectivity index (χ3v) is 6.35. The lowest BCUT2D eigenvalue weighted by Crippen LogP contribution is -2.47. The zero-order valence-corrected chi connectivity index (χ0v) is 17.0. The minimum absolute atomic E-state index is 0.0114. The van der Waals surface area contributed by atoms with Crippen molar-refractivity contribution in [3.05, 3.63) is 71.8 Å². The van der Waals surface area contributed by atoms with Crippen molar-refractivity contribution >= 4 is 23.9 Å². The molecule has 3 heterocycles. The Hall–Kier alpha value is -3.52. The predicted octanol–water partition coefficient (Wildman–Crippen LogP) is 2.17. The van der Waals surface area contributed by atoms with Crippen LogP contribution in [0.2, 0.25) is 0 Å². The molecule has 0 amide bonds. The lowest BCUT2D eigenvalue weighted by molar-refractivity contribution is -0.160. The Morgan fingerprint density at radius 3 is 2.09 bits per heavy atom. The molecule has 3 aliphatic rings. The second-order valence-corrected chi connectivity index (χ2v) is 8.26. The molecular formula is C24H20O8. The van der Waals surface area contributed by atoms with Crippen LogP contribution in [0.15, 0.2) is 60.7 Å². The van der Waals surface area contributed by atoms with Gasteiger partial charge in [0.15, 0.2) is 0 Å². The Bertz CT molecular complexity index is 1070. The number of benzene rings is 2. The summed E-state index contributed by atoms with van der Waals surface area (Å²) in [7, 11) is 0. The largest absolute Gasteiger partial charge is 0.462 e. The Morgan fingerprint density at radius 2 is 1.47 bits per heavy atom. The molecule has 5 atom stereocenters. The van der Waals surface area contributed by atoms with Crippen LogP contribution in [0.5, 0.6) is 0 Å². The first-order valence-electron chi connectivity index (χ1n) is 10.4. The number of cyclic esters (lactones) is 2. The van der Waals surface area contributed by atoms with Crippen LogP contribution in [0.3, 0.4) is 0 Å². The Balaban J connectivity index is 1.31. The summed E-state index contributed by atoms with van der Waals surface area (Å²) < 4.78 is 21.9. The lowest BCUT2D eigenvalue weighted by Gasteiger charge is -2.31. The highest BCUT2D eigenvalue weighted by molar-refractivity contribution is 5.98. The van der Waals surface area contributed by atoms with Crippen molar-refractivity contribution in [3.8, 4) is 0 Å². The molecule has 2 bridgehead atoms. The van der Waals surface area contributed by atoms with Crippen LogP contribution in [-0.2, 0) is 28.5 Å². The first-order chi connectivity index (χ1) is 15.5. The van der Waals surface area contributed by atoms with E-state index in [-0.39, 0.29) is 19.1 Å². The summed E-state index contributed by atoms with van der Waals surface area (Å²) in [4.78, 5) is 49.5. The molecule has 8 heteroatoms. The van der Waals surface area contributed by atoms with Gasteiger partial charge in [-0.25, -0.2) is 9.59 Å². The number of fused-ring (bicyclic) bond motifs is 5. The summed E-state index contributed by atoms with van der Waals surface area (Å²) in [6.45, 7) is -0.193. The van der Waals surface area contributed by atoms with Crippen molar-refractivity contribution in [2.45, 2.75) is 18.1 Å². The second kappa shape index (κ2) is 7.87. The average molecular weight is 436 g/mol. The first kappa shape index (κ1) is 20.4. The Morgan fingerprint density at radius 1 is 0.875 bits per heavy atom. The van der Waals surface area contributed by atoms with Gasteiger partial charge in [0.05, 0.1) is 23.8 Å². The van der Waals surface area contributed by atoms with Gasteiger partial charge in [0.25, 0.3) is 0 Å². The van der Waals surface area contributed by atoms with E-state index in [9.17, 15) is 19.2 Å². The molecule has 3 fully saturated rings. The van der Waals surface area contributed by atoms with E-state index < -0.39 is 47.4 Å². The van der Waals surface area contributed by atoms with Crippen LogP contribution in [0, 0.1) is 17.8 Å². The van der Waals surface area contributed by atoms with E-state index in [2.05, 4.69) is 0 Å². The molecule has 0 saturated carbocycles. The summed E-state index contributed by atoms with van der Waals surface area (Å²) in [5.41, 5.74) is -0.407. The van der Waals surface area contributed by atoms with Crippen LogP contribution in [0.1, 0.15) is 27.1 Å². The van der Waals surface area contributed by atoms with Crippen LogP contribution >= 0.6 is 0 Å². The maximum absolute atomic E-state index is 12.4. The van der Waals surface area contributed by atoms with E-state index in [1.807, 2.05) is 0 Å². The van der Waals surface area contributed by atoms with Gasteiger partial charge in [-0.1, -0.05) is 36.4 Å². The van der Waals surface area contributed by atoms with Crippen molar-refractivity contribution in [2.75, 3.05) is 13.2 Å². The van der Waals surface area contributed by atoms with Crippen molar-refractivity contribution in [3.63, 3.8) is 0 Å². The summed E-state index contributed by atoms with van der Waals surface area (Å²) in [6.07, 6.45) is -0.358. The number of esters is 4. The van der Waals surface area contributed by atoms with Crippen LogP contribution in [-0.4, -0.2) is 48.8 Å². The summed E-state index contributed by atoms with van der Waals surface area (Å²) in [5.74, 6) is -4.34. The van der Waals surface area contributed by atoms with Gasteiger partial charge in [-0.05, 0) is 30.7 Å². The SMILES string of the molecule is O=C(OC[C@H]1C[C@]2(COC(=O)c3ccccc3)O[C@H]1[C@H]1C(=O)OC(=O)[C@H]12)c1ccccc1. The quantitative estimate of drug-likeness (QED) is 0.385. The Kier molecular flexibility index (Phi) is 5.01. The molecule has 0 aliphatic carbocycles. The molecular weight excluding hydrogens is 416 g/mol. The minimum Gasteiger partial charge on any atom is -0.462 e. The lowest BCUT2D eigenvalue weighted by atomic mass is 9.69. The molecule has 8 nitrogen and oxygen atoms in total. The first-order valence-corrected chi connectivity index (χ1v) is 10.4. The number of carbonyl (C=O) groups excluding carboxylic acids is 4. The summed E-state index contributed by atoms with van der Waals surface area (Å²) >= 11 is 0. The molecule has 0 spiro atoms. The molecule has 32 heavy (non-hydrogen) atoms. The van der Waals surface area contributed by atoms with Gasteiger partial charge in [0.1, 0.15) is 24.0 Å². The molecule has 3 aliphatic heterocycles. The highest BCUT2D eigenvalue weighted by Gasteiger charge is 2.72. The van der Waals surface area contributed by atoms with E-state index in [1.165, 1.54) is 0 Å². The molecule has 0 radical (unpaired) electrons. The van der Waals surface area contributed by atoms with Gasteiger partial charge in [-0.3, -0.25) is 9.59 Å². The number of hydrogen-bond acceptors (Lipinski definition) is 8. The van der Waals surface area contributed by atoms with Crippen LogP contribution in [0.4, 0.5) is 0 Å². The van der Waals surface area contributed by atoms with E-state index in [0.29, 0.717) is 17.5 Å². The van der Waals surface area contributed by atoms with Gasteiger partial charge in [-0.2, -0.15) is 0 Å². The van der Waals surface area contributed by atoms with E-state index >= 15 is 0 Å². The van der Waals surface area contributed by atoms with Crippen molar-refractivity contribution in [2.24, 2.45) is 17.8 Å². The topological polar surface area (TPSA) is 105 Å². The third kappa shape index (κ3) is 3.36. The highest BCUT2D eigenvalue weighted by atomic mass is 16.6. The monoisotopic (exact) mass is 436 g/mol. The Labute approximate surface area is 183 Å². The zero-order chi connectivity index (χ0) is 22.3. The number of carbonyl (C=O) groups is 4. The van der Waals surface area contributed by atoms with Gasteiger partial charge in [0, 0.05) is 5.92 Å². The molecule has 164 valence electrons. The smallest absolute Gasteiger partial charge is 0.338 e. The van der Waals surface area contributed by atoms with Gasteiger partial charge < -0.3 is 18.9 Å². The van der Waals surface area contributed by atoms with Crippen molar-refractivity contribution in [1.29, 1.82) is 0 Å². The van der Waals surface area contributed by atoms with Gasteiger partial charge >= 0.3 is 23.9 Å². The maximum atomic E-state index is 12.4. The number of rotatable bonds is 6. The number of hydrogen-bond donors (Lipinski definition) is 0. The molecule has 2 aromatic carbocycles. The fourth-order valence-corrected chi connectivity index (χ4v) is 4.94. The van der Waals surface area contributed by atoms with Gasteiger partial charge in [0.2, 0.25) is 0 Å². The molecule has 0 N–H and O–H groups in total. The van der Waals surface area contributed by atoms with Crippen LogP contribution in [0.25, 0.3) is 0 Å². The predicted molar refractivity (Wildman–Crippen MR) is 107 cm³/mol. The second-order valence-electron chi connectivity index (χ2n) is 8.26. The van der Waals surface area contributed by atoms with Crippen molar-refractivity contribution in [1.82, 2.24) is 0 Å². The fraction of sp³-hybridized carbons (Fsp3) is 0.333. The molecule has 0 unspecified atom stereocenters. The standard InChI is InChI=1S/C24H20O8/c25-20(14-7-3-1-4-8-14)29-12-16-11-24(13-30-21(26)15-9-5-2-6-10-15)18-17(19(16)32-24)22(27)31-23(18)28/h1-10,16-19H,11-13H2/t16-,17+,18+,19-,24-/m1/s1. The van der Waals surface area contributed by atoms with Gasteiger partial charge in [-0.15, -0.1) is 0 Å².